The summed E-state index contributed by atoms with van der Waals surface area (Å²) in [4.78, 5) is 14.8. The summed E-state index contributed by atoms with van der Waals surface area (Å²) in [7, 11) is 0. The molecule has 2 rings (SSSR count). The largest absolute Gasteiger partial charge is 0.368 e. The highest BCUT2D eigenvalue weighted by molar-refractivity contribution is 5.41. The molecule has 1 fully saturated rings. The van der Waals surface area contributed by atoms with E-state index in [1.54, 1.807) is 0 Å². The van der Waals surface area contributed by atoms with Gasteiger partial charge in [0.15, 0.2) is 0 Å². The lowest BCUT2D eigenvalue weighted by Crippen LogP contribution is -2.25. The SMILES string of the molecule is CCN(CC)c1nc(N)nc(NCC2CC2(C)C)n1. The molecule has 1 saturated carbocycles. The van der Waals surface area contributed by atoms with Gasteiger partial charge in [-0.15, -0.1) is 0 Å². The second-order valence-corrected chi connectivity index (χ2v) is 5.76. The Morgan fingerprint density at radius 2 is 1.89 bits per heavy atom. The van der Waals surface area contributed by atoms with Gasteiger partial charge in [0.2, 0.25) is 17.8 Å². The number of rotatable bonds is 6. The van der Waals surface area contributed by atoms with E-state index in [9.17, 15) is 0 Å². The smallest absolute Gasteiger partial charge is 0.231 e. The standard InChI is InChI=1S/C13H24N6/c1-5-19(6-2)12-17-10(14)16-11(18-12)15-8-9-7-13(9,3)4/h9H,5-8H2,1-4H3,(H3,14,15,16,17,18). The molecule has 0 saturated heterocycles. The third-order valence-electron chi connectivity index (χ3n) is 3.91. The summed E-state index contributed by atoms with van der Waals surface area (Å²) in [5, 5.41) is 3.28. The summed E-state index contributed by atoms with van der Waals surface area (Å²) in [5.74, 6) is 2.20. The topological polar surface area (TPSA) is 80.0 Å². The van der Waals surface area contributed by atoms with Crippen LogP contribution in [0.4, 0.5) is 17.8 Å². The van der Waals surface area contributed by atoms with Crippen LogP contribution in [0, 0.1) is 11.3 Å². The molecule has 0 radical (unpaired) electrons. The van der Waals surface area contributed by atoms with E-state index in [4.69, 9.17) is 5.73 Å². The minimum Gasteiger partial charge on any atom is -0.368 e. The first kappa shape index (κ1) is 13.8. The molecule has 0 amide bonds. The van der Waals surface area contributed by atoms with Crippen molar-refractivity contribution in [1.82, 2.24) is 15.0 Å². The van der Waals surface area contributed by atoms with Crippen LogP contribution >= 0.6 is 0 Å². The molecule has 1 aliphatic carbocycles. The van der Waals surface area contributed by atoms with Gasteiger partial charge in [-0.25, -0.2) is 0 Å². The molecular weight excluding hydrogens is 240 g/mol. The summed E-state index contributed by atoms with van der Waals surface area (Å²) in [5.41, 5.74) is 6.20. The summed E-state index contributed by atoms with van der Waals surface area (Å²) in [6, 6.07) is 0. The quantitative estimate of drug-likeness (QED) is 0.815. The summed E-state index contributed by atoms with van der Waals surface area (Å²) in [6.45, 7) is 11.3. The van der Waals surface area contributed by atoms with Gasteiger partial charge in [-0.3, -0.25) is 0 Å². The van der Waals surface area contributed by atoms with Gasteiger partial charge in [-0.05, 0) is 31.6 Å². The average molecular weight is 264 g/mol. The van der Waals surface area contributed by atoms with E-state index in [-0.39, 0.29) is 5.95 Å². The molecule has 1 aliphatic rings. The first-order valence-corrected chi connectivity index (χ1v) is 6.96. The van der Waals surface area contributed by atoms with E-state index in [1.807, 2.05) is 0 Å². The zero-order valence-electron chi connectivity index (χ0n) is 12.3. The number of anilines is 3. The normalized spacial score (nSPS) is 20.1. The lowest BCUT2D eigenvalue weighted by Gasteiger charge is -2.19. The van der Waals surface area contributed by atoms with Crippen molar-refractivity contribution in [2.24, 2.45) is 11.3 Å². The average Bonchev–Trinajstić information content (AvgIpc) is 2.96. The molecule has 106 valence electrons. The van der Waals surface area contributed by atoms with Crippen molar-refractivity contribution in [2.75, 3.05) is 35.6 Å². The molecule has 6 nitrogen and oxygen atoms in total. The van der Waals surface area contributed by atoms with Gasteiger partial charge in [-0.1, -0.05) is 13.8 Å². The molecular formula is C13H24N6. The molecule has 1 aromatic rings. The number of nitrogens with two attached hydrogens (primary N) is 1. The molecule has 19 heavy (non-hydrogen) atoms. The Hall–Kier alpha value is -1.59. The van der Waals surface area contributed by atoms with Crippen molar-refractivity contribution in [3.8, 4) is 0 Å². The van der Waals surface area contributed by atoms with Gasteiger partial charge < -0.3 is 16.0 Å². The number of nitrogens with zero attached hydrogens (tertiary/aromatic N) is 4. The lowest BCUT2D eigenvalue weighted by atomic mass is 10.1. The minimum atomic E-state index is 0.273. The third-order valence-corrected chi connectivity index (χ3v) is 3.91. The van der Waals surface area contributed by atoms with E-state index in [2.05, 4.69) is 52.9 Å². The van der Waals surface area contributed by atoms with Crippen molar-refractivity contribution in [3.05, 3.63) is 0 Å². The van der Waals surface area contributed by atoms with Crippen LogP contribution in [0.1, 0.15) is 34.1 Å². The Labute approximate surface area is 114 Å². The molecule has 1 heterocycles. The molecule has 6 heteroatoms. The van der Waals surface area contributed by atoms with E-state index in [0.717, 1.165) is 19.6 Å². The summed E-state index contributed by atoms with van der Waals surface area (Å²) in [6.07, 6.45) is 1.25. The summed E-state index contributed by atoms with van der Waals surface area (Å²) >= 11 is 0. The molecule has 0 aromatic carbocycles. The van der Waals surface area contributed by atoms with Crippen molar-refractivity contribution < 1.29 is 0 Å². The van der Waals surface area contributed by atoms with E-state index < -0.39 is 0 Å². The maximum absolute atomic E-state index is 5.75. The van der Waals surface area contributed by atoms with Crippen molar-refractivity contribution in [1.29, 1.82) is 0 Å². The van der Waals surface area contributed by atoms with Crippen LogP contribution in [-0.4, -0.2) is 34.6 Å². The minimum absolute atomic E-state index is 0.273. The van der Waals surface area contributed by atoms with Gasteiger partial charge in [-0.2, -0.15) is 15.0 Å². The number of aromatic nitrogens is 3. The fourth-order valence-electron chi connectivity index (χ4n) is 2.25. The van der Waals surface area contributed by atoms with E-state index in [1.165, 1.54) is 6.42 Å². The van der Waals surface area contributed by atoms with Crippen LogP contribution in [0.15, 0.2) is 0 Å². The van der Waals surface area contributed by atoms with Gasteiger partial charge in [0.1, 0.15) is 0 Å². The van der Waals surface area contributed by atoms with Crippen LogP contribution in [0.3, 0.4) is 0 Å². The van der Waals surface area contributed by atoms with Gasteiger partial charge in [0.05, 0.1) is 0 Å². The molecule has 1 atom stereocenters. The highest BCUT2D eigenvalue weighted by Gasteiger charge is 2.45. The van der Waals surface area contributed by atoms with Crippen LogP contribution in [-0.2, 0) is 0 Å². The van der Waals surface area contributed by atoms with E-state index in [0.29, 0.717) is 23.2 Å². The molecule has 1 unspecified atom stereocenters. The summed E-state index contributed by atoms with van der Waals surface area (Å²) < 4.78 is 0. The second-order valence-electron chi connectivity index (χ2n) is 5.76. The monoisotopic (exact) mass is 264 g/mol. The molecule has 1 aromatic heterocycles. The maximum atomic E-state index is 5.75. The zero-order chi connectivity index (χ0) is 14.0. The zero-order valence-corrected chi connectivity index (χ0v) is 12.3. The fourth-order valence-corrected chi connectivity index (χ4v) is 2.25. The Morgan fingerprint density at radius 3 is 2.42 bits per heavy atom. The molecule has 0 bridgehead atoms. The number of hydrogen-bond acceptors (Lipinski definition) is 6. The van der Waals surface area contributed by atoms with Crippen LogP contribution in [0.25, 0.3) is 0 Å². The van der Waals surface area contributed by atoms with Crippen LogP contribution in [0.2, 0.25) is 0 Å². The Bertz CT molecular complexity index is 441. The molecule has 3 N–H and O–H groups in total. The van der Waals surface area contributed by atoms with Crippen molar-refractivity contribution in [3.63, 3.8) is 0 Å². The Balaban J connectivity index is 2.04. The van der Waals surface area contributed by atoms with Crippen molar-refractivity contribution >= 4 is 17.8 Å². The predicted molar refractivity (Wildman–Crippen MR) is 78.2 cm³/mol. The highest BCUT2D eigenvalue weighted by Crippen LogP contribution is 2.51. The second kappa shape index (κ2) is 5.19. The van der Waals surface area contributed by atoms with Gasteiger partial charge in [0, 0.05) is 19.6 Å². The lowest BCUT2D eigenvalue weighted by molar-refractivity contribution is 0.572. The fraction of sp³-hybridized carbons (Fsp3) is 0.769. The van der Waals surface area contributed by atoms with E-state index >= 15 is 0 Å². The highest BCUT2D eigenvalue weighted by atomic mass is 15.3. The molecule has 0 spiro atoms. The predicted octanol–water partition coefficient (Wildman–Crippen LogP) is 1.76. The van der Waals surface area contributed by atoms with Crippen LogP contribution < -0.4 is 16.0 Å². The van der Waals surface area contributed by atoms with Crippen molar-refractivity contribution in [2.45, 2.75) is 34.1 Å². The number of nitrogens with one attached hydrogen (secondary N) is 1. The molecule has 0 aliphatic heterocycles. The Kier molecular flexibility index (Phi) is 3.78. The van der Waals surface area contributed by atoms with Gasteiger partial charge in [0.25, 0.3) is 0 Å². The van der Waals surface area contributed by atoms with Crippen LogP contribution in [0.5, 0.6) is 0 Å². The first-order chi connectivity index (χ1) is 8.96. The maximum Gasteiger partial charge on any atom is 0.231 e. The Morgan fingerprint density at radius 1 is 1.26 bits per heavy atom. The number of nitrogen functional groups attached to an aromatic ring is 1. The number of hydrogen-bond donors (Lipinski definition) is 2. The third kappa shape index (κ3) is 3.24. The first-order valence-electron chi connectivity index (χ1n) is 6.96. The van der Waals surface area contributed by atoms with Gasteiger partial charge >= 0.3 is 0 Å².